The molecule has 3 N–H and O–H groups in total. The van der Waals surface area contributed by atoms with Crippen molar-refractivity contribution in [3.05, 3.63) is 54.3 Å². The fourth-order valence-electron chi connectivity index (χ4n) is 2.42. The van der Waals surface area contributed by atoms with Crippen molar-refractivity contribution in [3.8, 4) is 5.75 Å². The fraction of sp³-hybridized carbons (Fsp3) is 0.333. The van der Waals surface area contributed by atoms with E-state index >= 15 is 0 Å². The van der Waals surface area contributed by atoms with E-state index in [-0.39, 0.29) is 12.5 Å². The Morgan fingerprint density at radius 1 is 1.07 bits per heavy atom. The van der Waals surface area contributed by atoms with Gasteiger partial charge in [-0.25, -0.2) is 9.38 Å². The zero-order chi connectivity index (χ0) is 20.9. The van der Waals surface area contributed by atoms with E-state index in [1.165, 1.54) is 18.2 Å². The number of nitrogens with zero attached hydrogens (tertiary/aromatic N) is 1. The minimum Gasteiger partial charge on any atom is -0.493 e. The van der Waals surface area contributed by atoms with Crippen LogP contribution in [0, 0.1) is 5.82 Å². The lowest BCUT2D eigenvalue weighted by atomic mass is 10.3. The van der Waals surface area contributed by atoms with Gasteiger partial charge in [-0.3, -0.25) is 4.79 Å². The molecule has 156 valence electrons. The number of guanidine groups is 1. The van der Waals surface area contributed by atoms with Crippen LogP contribution in [0.4, 0.5) is 15.8 Å². The van der Waals surface area contributed by atoms with Crippen LogP contribution >= 0.6 is 0 Å². The van der Waals surface area contributed by atoms with Gasteiger partial charge in [0.25, 0.3) is 0 Å². The molecule has 2 aromatic rings. The highest BCUT2D eigenvalue weighted by atomic mass is 19.1. The molecule has 0 aromatic heterocycles. The standard InChI is InChI=1S/C21H27FN4O3/c1-3-23-21(24-15-20(27)25-17-8-4-7-16(22)13-17)26-18-9-5-10-19(14-18)29-12-6-11-28-2/h4-5,7-10,13-14H,3,6,11-12,15H2,1-2H3,(H,25,27)(H2,23,24,26). The van der Waals surface area contributed by atoms with Crippen LogP contribution in [0.1, 0.15) is 13.3 Å². The van der Waals surface area contributed by atoms with Gasteiger partial charge in [0.15, 0.2) is 5.96 Å². The quantitative estimate of drug-likeness (QED) is 0.323. The number of carbonyl (C=O) groups is 1. The van der Waals surface area contributed by atoms with Gasteiger partial charge in [0, 0.05) is 44.1 Å². The molecular weight excluding hydrogens is 375 g/mol. The number of aliphatic imine (C=N–C) groups is 1. The second-order valence-electron chi connectivity index (χ2n) is 6.10. The van der Waals surface area contributed by atoms with Crippen molar-refractivity contribution >= 4 is 23.2 Å². The van der Waals surface area contributed by atoms with Crippen LogP contribution in [0.5, 0.6) is 5.75 Å². The first-order valence-corrected chi connectivity index (χ1v) is 9.43. The highest BCUT2D eigenvalue weighted by Gasteiger charge is 2.05. The molecule has 2 rings (SSSR count). The molecule has 0 radical (unpaired) electrons. The molecule has 0 aliphatic heterocycles. The summed E-state index contributed by atoms with van der Waals surface area (Å²) in [6.07, 6.45) is 0.804. The molecule has 29 heavy (non-hydrogen) atoms. The van der Waals surface area contributed by atoms with Gasteiger partial charge in [-0.2, -0.15) is 0 Å². The largest absolute Gasteiger partial charge is 0.493 e. The fourth-order valence-corrected chi connectivity index (χ4v) is 2.42. The third-order valence-electron chi connectivity index (χ3n) is 3.69. The van der Waals surface area contributed by atoms with Crippen LogP contribution in [0.15, 0.2) is 53.5 Å². The predicted octanol–water partition coefficient (Wildman–Crippen LogP) is 3.26. The van der Waals surface area contributed by atoms with Crippen LogP contribution in [0.25, 0.3) is 0 Å². The third kappa shape index (κ3) is 8.61. The second kappa shape index (κ2) is 12.4. The van der Waals surface area contributed by atoms with Crippen molar-refractivity contribution in [2.75, 3.05) is 44.0 Å². The normalized spacial score (nSPS) is 11.1. The number of amides is 1. The Morgan fingerprint density at radius 2 is 1.83 bits per heavy atom. The van der Waals surface area contributed by atoms with Crippen LogP contribution < -0.4 is 20.7 Å². The van der Waals surface area contributed by atoms with Crippen molar-refractivity contribution in [1.29, 1.82) is 0 Å². The molecule has 0 heterocycles. The molecule has 2 aromatic carbocycles. The van der Waals surface area contributed by atoms with E-state index < -0.39 is 5.82 Å². The van der Waals surface area contributed by atoms with Crippen LogP contribution in [0.2, 0.25) is 0 Å². The van der Waals surface area contributed by atoms with Crippen molar-refractivity contribution in [1.82, 2.24) is 5.32 Å². The minimum absolute atomic E-state index is 0.112. The molecule has 0 bridgehead atoms. The SMILES string of the molecule is CCNC(=NCC(=O)Nc1cccc(F)c1)Nc1cccc(OCCCOC)c1. The van der Waals surface area contributed by atoms with E-state index in [0.717, 1.165) is 17.9 Å². The summed E-state index contributed by atoms with van der Waals surface area (Å²) >= 11 is 0. The second-order valence-corrected chi connectivity index (χ2v) is 6.10. The zero-order valence-corrected chi connectivity index (χ0v) is 16.7. The maximum Gasteiger partial charge on any atom is 0.246 e. The molecule has 0 spiro atoms. The summed E-state index contributed by atoms with van der Waals surface area (Å²) in [6.45, 7) is 3.65. The summed E-state index contributed by atoms with van der Waals surface area (Å²) in [5.74, 6) is 0.429. The number of benzene rings is 2. The van der Waals surface area contributed by atoms with Gasteiger partial charge in [0.2, 0.25) is 5.91 Å². The van der Waals surface area contributed by atoms with E-state index in [0.29, 0.717) is 31.4 Å². The van der Waals surface area contributed by atoms with Crippen molar-refractivity contribution in [2.45, 2.75) is 13.3 Å². The molecule has 0 saturated heterocycles. The van der Waals surface area contributed by atoms with Gasteiger partial charge < -0.3 is 25.4 Å². The maximum absolute atomic E-state index is 13.2. The Kier molecular flexibility index (Phi) is 9.44. The molecule has 1 amide bonds. The Morgan fingerprint density at radius 3 is 2.55 bits per heavy atom. The summed E-state index contributed by atoms with van der Waals surface area (Å²) in [5, 5.41) is 8.84. The van der Waals surface area contributed by atoms with Crippen LogP contribution in [-0.4, -0.2) is 45.3 Å². The number of hydrogen-bond acceptors (Lipinski definition) is 4. The van der Waals surface area contributed by atoms with Gasteiger partial charge in [-0.15, -0.1) is 0 Å². The summed E-state index contributed by atoms with van der Waals surface area (Å²) in [6, 6.07) is 13.2. The van der Waals surface area contributed by atoms with Crippen molar-refractivity contribution < 1.29 is 18.7 Å². The number of methoxy groups -OCH3 is 1. The van der Waals surface area contributed by atoms with Gasteiger partial charge in [0.1, 0.15) is 18.1 Å². The van der Waals surface area contributed by atoms with Crippen LogP contribution in [0.3, 0.4) is 0 Å². The summed E-state index contributed by atoms with van der Waals surface area (Å²) in [5.41, 5.74) is 1.17. The molecule has 0 aliphatic rings. The molecular formula is C21H27FN4O3. The first-order valence-electron chi connectivity index (χ1n) is 9.43. The highest BCUT2D eigenvalue weighted by Crippen LogP contribution is 2.17. The Bertz CT molecular complexity index is 814. The number of anilines is 2. The smallest absolute Gasteiger partial charge is 0.246 e. The van der Waals surface area contributed by atoms with Gasteiger partial charge in [0.05, 0.1) is 6.61 Å². The molecule has 7 nitrogen and oxygen atoms in total. The number of halogens is 1. The summed E-state index contributed by atoms with van der Waals surface area (Å²) in [7, 11) is 1.66. The molecule has 0 atom stereocenters. The minimum atomic E-state index is -0.411. The lowest BCUT2D eigenvalue weighted by Gasteiger charge is -2.13. The van der Waals surface area contributed by atoms with Gasteiger partial charge >= 0.3 is 0 Å². The molecule has 8 heteroatoms. The zero-order valence-electron chi connectivity index (χ0n) is 16.7. The first-order chi connectivity index (χ1) is 14.1. The van der Waals surface area contributed by atoms with Crippen molar-refractivity contribution in [3.63, 3.8) is 0 Å². The predicted molar refractivity (Wildman–Crippen MR) is 113 cm³/mol. The Labute approximate surface area is 170 Å². The van der Waals surface area contributed by atoms with Gasteiger partial charge in [-0.05, 0) is 37.3 Å². The molecule has 0 aliphatic carbocycles. The van der Waals surface area contributed by atoms with Crippen LogP contribution in [-0.2, 0) is 9.53 Å². The molecule has 0 fully saturated rings. The van der Waals surface area contributed by atoms with E-state index in [4.69, 9.17) is 9.47 Å². The maximum atomic E-state index is 13.2. The Hall–Kier alpha value is -3.13. The number of rotatable bonds is 10. The number of nitrogens with one attached hydrogen (secondary N) is 3. The summed E-state index contributed by atoms with van der Waals surface area (Å²) in [4.78, 5) is 16.4. The lowest BCUT2D eigenvalue weighted by molar-refractivity contribution is -0.114. The van der Waals surface area contributed by atoms with E-state index in [1.54, 1.807) is 13.2 Å². The third-order valence-corrected chi connectivity index (χ3v) is 3.69. The lowest BCUT2D eigenvalue weighted by Crippen LogP contribution is -2.31. The van der Waals surface area contributed by atoms with E-state index in [9.17, 15) is 9.18 Å². The average molecular weight is 402 g/mol. The van der Waals surface area contributed by atoms with Gasteiger partial charge in [-0.1, -0.05) is 12.1 Å². The molecule has 0 saturated carbocycles. The Balaban J connectivity index is 1.93. The first kappa shape index (κ1) is 22.2. The monoisotopic (exact) mass is 402 g/mol. The highest BCUT2D eigenvalue weighted by molar-refractivity contribution is 5.97. The number of hydrogen-bond donors (Lipinski definition) is 3. The van der Waals surface area contributed by atoms with E-state index in [1.807, 2.05) is 31.2 Å². The number of carbonyl (C=O) groups excluding carboxylic acids is 1. The topological polar surface area (TPSA) is 84.0 Å². The number of ether oxygens (including phenoxy) is 2. The van der Waals surface area contributed by atoms with E-state index in [2.05, 4.69) is 20.9 Å². The average Bonchev–Trinajstić information content (AvgIpc) is 2.70. The van der Waals surface area contributed by atoms with Crippen molar-refractivity contribution in [2.24, 2.45) is 4.99 Å². The summed E-state index contributed by atoms with van der Waals surface area (Å²) < 4.78 is 23.9. The molecule has 0 unspecified atom stereocenters.